The number of Topliss-reactive ketones (excluding diaryl/α,β-unsaturated/α-hetero) is 1. The maximum atomic E-state index is 13.7. The van der Waals surface area contributed by atoms with Crippen molar-refractivity contribution in [2.75, 3.05) is 7.11 Å². The lowest BCUT2D eigenvalue weighted by atomic mass is 10.1. The van der Waals surface area contributed by atoms with Gasteiger partial charge in [-0.2, -0.15) is 0 Å². The first-order chi connectivity index (χ1) is 11.4. The predicted octanol–water partition coefficient (Wildman–Crippen LogP) is 4.39. The molecule has 1 heterocycles. The van der Waals surface area contributed by atoms with Crippen molar-refractivity contribution in [3.8, 4) is 5.75 Å². The number of hydrogen-bond donors (Lipinski definition) is 1. The molecule has 1 atom stereocenters. The van der Waals surface area contributed by atoms with Gasteiger partial charge in [-0.1, -0.05) is 17.7 Å². The molecule has 1 unspecified atom stereocenters. The third-order valence-electron chi connectivity index (χ3n) is 3.48. The molecule has 1 aromatic carbocycles. The molecule has 1 aromatic heterocycles. The molecule has 2 aromatic rings. The van der Waals surface area contributed by atoms with Gasteiger partial charge in [0.05, 0.1) is 22.4 Å². The van der Waals surface area contributed by atoms with Crippen LogP contribution in [0.4, 0.5) is 4.39 Å². The van der Waals surface area contributed by atoms with Crippen LogP contribution in [0.15, 0.2) is 30.3 Å². The van der Waals surface area contributed by atoms with E-state index >= 15 is 0 Å². The van der Waals surface area contributed by atoms with E-state index in [9.17, 15) is 14.0 Å². The largest absolute Gasteiger partial charge is 0.494 e. The maximum Gasteiger partial charge on any atom is 0.220 e. The number of hydrogen-bond acceptors (Lipinski definition) is 4. The first-order valence-electron chi connectivity index (χ1n) is 7.32. The Hall–Kier alpha value is -1.92. The lowest BCUT2D eigenvalue weighted by Gasteiger charge is -2.15. The maximum absolute atomic E-state index is 13.7. The second-order valence-corrected chi connectivity index (χ2v) is 6.93. The van der Waals surface area contributed by atoms with Gasteiger partial charge in [0.15, 0.2) is 17.3 Å². The van der Waals surface area contributed by atoms with Crippen molar-refractivity contribution < 1.29 is 18.7 Å². The fraction of sp³-hybridized carbons (Fsp3) is 0.294. The Morgan fingerprint density at radius 1 is 1.29 bits per heavy atom. The highest BCUT2D eigenvalue weighted by Gasteiger charge is 2.15. The van der Waals surface area contributed by atoms with E-state index in [0.29, 0.717) is 14.8 Å². The number of ether oxygens (including phenoxy) is 1. The van der Waals surface area contributed by atoms with Crippen LogP contribution in [0, 0.1) is 5.82 Å². The molecule has 4 nitrogen and oxygen atoms in total. The predicted molar refractivity (Wildman–Crippen MR) is 92.4 cm³/mol. The topological polar surface area (TPSA) is 55.4 Å². The van der Waals surface area contributed by atoms with Crippen LogP contribution in [0.1, 0.15) is 41.0 Å². The Bertz CT molecular complexity index is 747. The van der Waals surface area contributed by atoms with E-state index in [2.05, 4.69) is 5.32 Å². The Morgan fingerprint density at radius 2 is 2.04 bits per heavy atom. The number of carbonyl (C=O) groups excluding carboxylic acids is 2. The van der Waals surface area contributed by atoms with Crippen LogP contribution in [0.3, 0.4) is 0 Å². The SMILES string of the molecule is COc1ccc(C(C)NC(=O)CCC(=O)c2ccc(Cl)s2)cc1F. The highest BCUT2D eigenvalue weighted by Crippen LogP contribution is 2.23. The first-order valence-corrected chi connectivity index (χ1v) is 8.51. The molecule has 0 radical (unpaired) electrons. The minimum absolute atomic E-state index is 0.0668. The zero-order valence-electron chi connectivity index (χ0n) is 13.3. The van der Waals surface area contributed by atoms with Crippen LogP contribution in [0.5, 0.6) is 5.75 Å². The fourth-order valence-corrected chi connectivity index (χ4v) is 3.17. The number of amides is 1. The lowest BCUT2D eigenvalue weighted by molar-refractivity contribution is -0.121. The Labute approximate surface area is 148 Å². The molecule has 128 valence electrons. The number of methoxy groups -OCH3 is 1. The van der Waals surface area contributed by atoms with Crippen LogP contribution >= 0.6 is 22.9 Å². The number of halogens is 2. The Morgan fingerprint density at radius 3 is 2.62 bits per heavy atom. The minimum Gasteiger partial charge on any atom is -0.494 e. The van der Waals surface area contributed by atoms with Gasteiger partial charge in [0.1, 0.15) is 0 Å². The van der Waals surface area contributed by atoms with Crippen molar-refractivity contribution in [2.24, 2.45) is 0 Å². The number of thiophene rings is 1. The fourth-order valence-electron chi connectivity index (χ4n) is 2.16. The van der Waals surface area contributed by atoms with Gasteiger partial charge in [0, 0.05) is 12.8 Å². The second kappa shape index (κ2) is 8.26. The summed E-state index contributed by atoms with van der Waals surface area (Å²) in [7, 11) is 1.39. The lowest BCUT2D eigenvalue weighted by Crippen LogP contribution is -2.27. The molecule has 0 aliphatic rings. The van der Waals surface area contributed by atoms with Crippen molar-refractivity contribution in [3.63, 3.8) is 0 Å². The summed E-state index contributed by atoms with van der Waals surface area (Å²) in [6.07, 6.45) is 0.170. The number of nitrogens with one attached hydrogen (secondary N) is 1. The van der Waals surface area contributed by atoms with Crippen molar-refractivity contribution in [2.45, 2.75) is 25.8 Å². The third kappa shape index (κ3) is 4.79. The van der Waals surface area contributed by atoms with Crippen molar-refractivity contribution >= 4 is 34.6 Å². The molecular weight excluding hydrogens is 353 g/mol. The molecule has 0 aliphatic heterocycles. The number of carbonyl (C=O) groups is 2. The van der Waals surface area contributed by atoms with E-state index < -0.39 is 5.82 Å². The average Bonchev–Trinajstić information content (AvgIpc) is 2.99. The molecule has 0 saturated carbocycles. The van der Waals surface area contributed by atoms with E-state index in [-0.39, 0.29) is 36.3 Å². The number of rotatable bonds is 7. The van der Waals surface area contributed by atoms with Crippen LogP contribution in [-0.2, 0) is 4.79 Å². The number of benzene rings is 1. The molecule has 0 saturated heterocycles. The van der Waals surface area contributed by atoms with Gasteiger partial charge < -0.3 is 10.1 Å². The van der Waals surface area contributed by atoms with E-state index in [0.717, 1.165) is 0 Å². The molecule has 2 rings (SSSR count). The molecule has 1 N–H and O–H groups in total. The summed E-state index contributed by atoms with van der Waals surface area (Å²) in [6.45, 7) is 1.75. The van der Waals surface area contributed by atoms with Gasteiger partial charge >= 0.3 is 0 Å². The van der Waals surface area contributed by atoms with Gasteiger partial charge in [-0.3, -0.25) is 9.59 Å². The van der Waals surface area contributed by atoms with E-state index in [1.54, 1.807) is 25.1 Å². The van der Waals surface area contributed by atoms with Crippen molar-refractivity contribution in [1.82, 2.24) is 5.32 Å². The molecule has 0 aliphatic carbocycles. The molecule has 7 heteroatoms. The molecule has 0 fully saturated rings. The first kappa shape index (κ1) is 18.4. The molecular formula is C17H17ClFNO3S. The summed E-state index contributed by atoms with van der Waals surface area (Å²) in [5.41, 5.74) is 0.623. The van der Waals surface area contributed by atoms with Gasteiger partial charge in [0.25, 0.3) is 0 Å². The summed E-state index contributed by atoms with van der Waals surface area (Å²) >= 11 is 6.98. The Kier molecular flexibility index (Phi) is 6.34. The van der Waals surface area contributed by atoms with Gasteiger partial charge in [0.2, 0.25) is 5.91 Å². The van der Waals surface area contributed by atoms with Crippen molar-refractivity contribution in [1.29, 1.82) is 0 Å². The molecule has 24 heavy (non-hydrogen) atoms. The van der Waals surface area contributed by atoms with Gasteiger partial charge in [-0.05, 0) is 36.8 Å². The van der Waals surface area contributed by atoms with Crippen molar-refractivity contribution in [3.05, 3.63) is 50.9 Å². The minimum atomic E-state index is -0.485. The molecule has 1 amide bonds. The van der Waals surface area contributed by atoms with Crippen LogP contribution in [0.25, 0.3) is 0 Å². The summed E-state index contributed by atoms with van der Waals surface area (Å²) < 4.78 is 19.1. The zero-order chi connectivity index (χ0) is 17.7. The highest BCUT2D eigenvalue weighted by molar-refractivity contribution is 7.18. The molecule has 0 bridgehead atoms. The quantitative estimate of drug-likeness (QED) is 0.736. The summed E-state index contributed by atoms with van der Waals surface area (Å²) in [5.74, 6) is -0.724. The summed E-state index contributed by atoms with van der Waals surface area (Å²) in [5, 5.41) is 2.75. The second-order valence-electron chi connectivity index (χ2n) is 5.21. The van der Waals surface area contributed by atoms with E-state index in [4.69, 9.17) is 16.3 Å². The highest BCUT2D eigenvalue weighted by atomic mass is 35.5. The Balaban J connectivity index is 1.87. The number of ketones is 1. The smallest absolute Gasteiger partial charge is 0.220 e. The molecule has 0 spiro atoms. The monoisotopic (exact) mass is 369 g/mol. The standard InChI is InChI=1S/C17H17ClFNO3S/c1-10(11-3-5-14(23-2)12(19)9-11)20-17(22)8-4-13(21)15-6-7-16(18)24-15/h3,5-7,9-10H,4,8H2,1-2H3,(H,20,22). The van der Waals surface area contributed by atoms with E-state index in [1.165, 1.54) is 30.6 Å². The van der Waals surface area contributed by atoms with Gasteiger partial charge in [-0.15, -0.1) is 11.3 Å². The zero-order valence-corrected chi connectivity index (χ0v) is 14.8. The third-order valence-corrected chi connectivity index (χ3v) is 4.75. The summed E-state index contributed by atoms with van der Waals surface area (Å²) in [4.78, 5) is 24.5. The summed E-state index contributed by atoms with van der Waals surface area (Å²) in [6, 6.07) is 7.45. The average molecular weight is 370 g/mol. The van der Waals surface area contributed by atoms with Gasteiger partial charge in [-0.25, -0.2) is 4.39 Å². The van der Waals surface area contributed by atoms with E-state index in [1.807, 2.05) is 0 Å². The van der Waals surface area contributed by atoms with Crippen LogP contribution in [-0.4, -0.2) is 18.8 Å². The normalized spacial score (nSPS) is 11.8. The van der Waals surface area contributed by atoms with Crippen LogP contribution < -0.4 is 10.1 Å². The van der Waals surface area contributed by atoms with Crippen LogP contribution in [0.2, 0.25) is 4.34 Å².